The molecule has 0 aromatic heterocycles. The molecule has 4 nitrogen and oxygen atoms in total. The van der Waals surface area contributed by atoms with E-state index in [1.165, 1.54) is 0 Å². The van der Waals surface area contributed by atoms with Gasteiger partial charge in [-0.3, -0.25) is 0 Å². The van der Waals surface area contributed by atoms with Gasteiger partial charge < -0.3 is 19.7 Å². The zero-order valence-corrected chi connectivity index (χ0v) is 26.1. The lowest BCUT2D eigenvalue weighted by molar-refractivity contribution is 0.0442. The Kier molecular flexibility index (Phi) is 10.8. The summed E-state index contributed by atoms with van der Waals surface area (Å²) < 4.78 is 15.3. The number of aliphatic hydroxyl groups excluding tert-OH is 2. The molecule has 184 valence electrons. The topological polar surface area (TPSA) is 58.9 Å². The van der Waals surface area contributed by atoms with Gasteiger partial charge in [0.25, 0.3) is 0 Å². The fourth-order valence-corrected chi connectivity index (χ4v) is 6.17. The van der Waals surface area contributed by atoms with E-state index in [0.29, 0.717) is 24.3 Å². The van der Waals surface area contributed by atoms with Crippen molar-refractivity contribution in [2.45, 2.75) is 84.2 Å². The van der Waals surface area contributed by atoms with Gasteiger partial charge in [0.05, 0.1) is 30.1 Å². The third kappa shape index (κ3) is 6.98. The van der Waals surface area contributed by atoms with Gasteiger partial charge >= 0.3 is 0 Å². The number of halogens is 4. The van der Waals surface area contributed by atoms with Crippen LogP contribution in [0.15, 0.2) is 42.2 Å². The van der Waals surface area contributed by atoms with Gasteiger partial charge in [0.15, 0.2) is 0 Å². The normalized spacial score (nSPS) is 15.6. The molecule has 0 heterocycles. The molecule has 2 aromatic carbocycles. The van der Waals surface area contributed by atoms with Crippen molar-refractivity contribution >= 4 is 63.7 Å². The predicted molar refractivity (Wildman–Crippen MR) is 149 cm³/mol. The quantitative estimate of drug-likeness (QED) is 0.261. The Bertz CT molecular complexity index is 842. The van der Waals surface area contributed by atoms with E-state index in [1.807, 2.05) is 27.7 Å². The summed E-state index contributed by atoms with van der Waals surface area (Å²) in [4.78, 5) is 0. The van der Waals surface area contributed by atoms with Gasteiger partial charge in [-0.2, -0.15) is 0 Å². The Morgan fingerprint density at radius 2 is 0.970 bits per heavy atom. The van der Waals surface area contributed by atoms with Crippen LogP contribution in [0.4, 0.5) is 0 Å². The highest BCUT2D eigenvalue weighted by Gasteiger charge is 2.28. The summed E-state index contributed by atoms with van der Waals surface area (Å²) >= 11 is 14.6. The molecule has 33 heavy (non-hydrogen) atoms. The molecule has 0 amide bonds. The third-order valence-electron chi connectivity index (χ3n) is 5.97. The van der Waals surface area contributed by atoms with Crippen LogP contribution in [-0.2, 0) is 5.41 Å². The molecular weight excluding hydrogens is 684 g/mol. The molecule has 2 N–H and O–H groups in total. The average Bonchev–Trinajstić information content (AvgIpc) is 2.76. The molecule has 4 atom stereocenters. The highest BCUT2D eigenvalue weighted by atomic mass is 79.9. The second kappa shape index (κ2) is 12.2. The summed E-state index contributed by atoms with van der Waals surface area (Å²) in [7, 11) is 0. The number of aliphatic hydroxyl groups is 2. The van der Waals surface area contributed by atoms with E-state index in [1.54, 1.807) is 0 Å². The lowest BCUT2D eigenvalue weighted by atomic mass is 9.78. The van der Waals surface area contributed by atoms with E-state index in [4.69, 9.17) is 9.47 Å². The number of rotatable bonds is 10. The van der Waals surface area contributed by atoms with Gasteiger partial charge in [0.1, 0.15) is 23.7 Å². The first-order valence-electron chi connectivity index (χ1n) is 11.0. The monoisotopic (exact) mass is 712 g/mol. The smallest absolute Gasteiger partial charge is 0.148 e. The molecule has 0 radical (unpaired) electrons. The van der Waals surface area contributed by atoms with Gasteiger partial charge in [-0.1, -0.05) is 27.7 Å². The number of benzene rings is 2. The van der Waals surface area contributed by atoms with Crippen molar-refractivity contribution in [2.24, 2.45) is 0 Å². The van der Waals surface area contributed by atoms with Gasteiger partial charge in [0.2, 0.25) is 0 Å². The molecule has 8 heteroatoms. The number of hydrogen-bond donors (Lipinski definition) is 2. The molecule has 0 aliphatic carbocycles. The first-order valence-corrected chi connectivity index (χ1v) is 14.2. The average molecular weight is 716 g/mol. The van der Waals surface area contributed by atoms with Crippen LogP contribution < -0.4 is 9.47 Å². The highest BCUT2D eigenvalue weighted by molar-refractivity contribution is 9.11. The molecule has 0 aliphatic rings. The summed E-state index contributed by atoms with van der Waals surface area (Å²) in [5.74, 6) is 1.34. The van der Waals surface area contributed by atoms with Gasteiger partial charge in [-0.05, 0) is 126 Å². The summed E-state index contributed by atoms with van der Waals surface area (Å²) in [6.07, 6.45) is -0.459. The van der Waals surface area contributed by atoms with Crippen LogP contribution >= 0.6 is 63.7 Å². The maximum atomic E-state index is 10.1. The first kappa shape index (κ1) is 29.1. The SMILES string of the molecule is CCC(O)C(C)Oc1c(Br)cc(C(C)(C)c2cc(Br)c(OC(C)C(O)CC)c(Br)c2)cc1Br. The molecule has 0 spiro atoms. The van der Waals surface area contributed by atoms with Crippen molar-refractivity contribution in [3.63, 3.8) is 0 Å². The zero-order chi connectivity index (χ0) is 25.1. The summed E-state index contributed by atoms with van der Waals surface area (Å²) in [6.45, 7) is 11.9. The van der Waals surface area contributed by atoms with Gasteiger partial charge in [-0.25, -0.2) is 0 Å². The Hall–Kier alpha value is -0.120. The van der Waals surface area contributed by atoms with E-state index >= 15 is 0 Å². The second-order valence-corrected chi connectivity index (χ2v) is 12.2. The van der Waals surface area contributed by atoms with Crippen LogP contribution in [0, 0.1) is 0 Å². The molecule has 0 saturated heterocycles. The molecule has 2 aromatic rings. The summed E-state index contributed by atoms with van der Waals surface area (Å²) in [5.41, 5.74) is 1.83. The standard InChI is InChI=1S/C25H32Br4O4/c1-7-21(30)13(3)32-23-17(26)9-15(10-18(23)27)25(5,6)16-11-19(28)24(20(29)12-16)33-14(4)22(31)8-2/h9-14,21-22,30-31H,7-8H2,1-6H3. The molecule has 0 fully saturated rings. The first-order chi connectivity index (χ1) is 15.3. The molecule has 2 rings (SSSR count). The second-order valence-electron chi connectivity index (χ2n) is 8.76. The number of ether oxygens (including phenoxy) is 2. The van der Waals surface area contributed by atoms with Crippen molar-refractivity contribution in [2.75, 3.05) is 0 Å². The van der Waals surface area contributed by atoms with Crippen molar-refractivity contribution in [1.82, 2.24) is 0 Å². The van der Waals surface area contributed by atoms with Crippen LogP contribution in [-0.4, -0.2) is 34.6 Å². The van der Waals surface area contributed by atoms with Crippen LogP contribution in [0.5, 0.6) is 11.5 Å². The minimum absolute atomic E-state index is 0.325. The van der Waals surface area contributed by atoms with Gasteiger partial charge in [-0.15, -0.1) is 0 Å². The fourth-order valence-electron chi connectivity index (χ4n) is 3.43. The van der Waals surface area contributed by atoms with Crippen molar-refractivity contribution in [1.29, 1.82) is 0 Å². The maximum Gasteiger partial charge on any atom is 0.148 e. The van der Waals surface area contributed by atoms with Crippen molar-refractivity contribution in [3.8, 4) is 11.5 Å². The molecule has 4 unspecified atom stereocenters. The fraction of sp³-hybridized carbons (Fsp3) is 0.520. The zero-order valence-electron chi connectivity index (χ0n) is 19.8. The van der Waals surface area contributed by atoms with E-state index in [0.717, 1.165) is 29.0 Å². The summed E-state index contributed by atoms with van der Waals surface area (Å²) in [5, 5.41) is 20.2. The lowest BCUT2D eigenvalue weighted by Gasteiger charge is -2.29. The number of hydrogen-bond acceptors (Lipinski definition) is 4. The highest BCUT2D eigenvalue weighted by Crippen LogP contribution is 2.44. The van der Waals surface area contributed by atoms with E-state index in [9.17, 15) is 10.2 Å². The van der Waals surface area contributed by atoms with E-state index < -0.39 is 12.2 Å². The van der Waals surface area contributed by atoms with Crippen LogP contribution in [0.1, 0.15) is 65.5 Å². The summed E-state index contributed by atoms with van der Waals surface area (Å²) in [6, 6.07) is 8.21. The maximum absolute atomic E-state index is 10.1. The van der Waals surface area contributed by atoms with Crippen LogP contribution in [0.2, 0.25) is 0 Å². The van der Waals surface area contributed by atoms with Crippen molar-refractivity contribution in [3.05, 3.63) is 53.3 Å². The molecule has 0 aliphatic heterocycles. The van der Waals surface area contributed by atoms with Crippen LogP contribution in [0.25, 0.3) is 0 Å². The predicted octanol–water partition coefficient (Wildman–Crippen LogP) is 8.14. The third-order valence-corrected chi connectivity index (χ3v) is 8.32. The Labute approximate surface area is 231 Å². The Morgan fingerprint density at radius 1 is 0.697 bits per heavy atom. The molecular formula is C25H32Br4O4. The Balaban J connectivity index is 2.39. The lowest BCUT2D eigenvalue weighted by Crippen LogP contribution is -2.28. The van der Waals surface area contributed by atoms with Gasteiger partial charge in [0, 0.05) is 5.41 Å². The largest absolute Gasteiger partial charge is 0.486 e. The molecule has 0 bridgehead atoms. The van der Waals surface area contributed by atoms with Crippen LogP contribution in [0.3, 0.4) is 0 Å². The van der Waals surface area contributed by atoms with E-state index in [2.05, 4.69) is 102 Å². The van der Waals surface area contributed by atoms with E-state index in [-0.39, 0.29) is 17.6 Å². The Morgan fingerprint density at radius 3 is 1.21 bits per heavy atom. The minimum atomic E-state index is -0.531. The minimum Gasteiger partial charge on any atom is -0.486 e. The van der Waals surface area contributed by atoms with Crippen molar-refractivity contribution < 1.29 is 19.7 Å². The molecule has 0 saturated carbocycles.